The predicted molar refractivity (Wildman–Crippen MR) is 104 cm³/mol. The normalized spacial score (nSPS) is 36.1. The van der Waals surface area contributed by atoms with Crippen LogP contribution in [0.15, 0.2) is 24.3 Å². The molecule has 4 nitrogen and oxygen atoms in total. The number of hydrogen-bond acceptors (Lipinski definition) is 3. The molecule has 4 saturated carbocycles. The molecule has 6 rings (SSSR count). The molecule has 1 aromatic carbocycles. The molecule has 146 valence electrons. The molecule has 5 heteroatoms. The lowest BCUT2D eigenvalue weighted by Gasteiger charge is -2.58. The van der Waals surface area contributed by atoms with E-state index in [-0.39, 0.29) is 17.4 Å². The topological polar surface area (TPSA) is 35.6 Å². The number of halogens is 1. The van der Waals surface area contributed by atoms with E-state index in [4.69, 9.17) is 0 Å². The second-order valence-electron chi connectivity index (χ2n) is 9.26. The third kappa shape index (κ3) is 3.52. The molecule has 4 bridgehead atoms. The maximum absolute atomic E-state index is 13.7. The molecule has 0 aromatic heterocycles. The summed E-state index contributed by atoms with van der Waals surface area (Å²) in [5.41, 5.74) is 0.273. The summed E-state index contributed by atoms with van der Waals surface area (Å²) in [4.78, 5) is 17.2. The van der Waals surface area contributed by atoms with Crippen LogP contribution >= 0.6 is 0 Å². The summed E-state index contributed by atoms with van der Waals surface area (Å²) >= 11 is 0. The lowest BCUT2D eigenvalue weighted by Crippen LogP contribution is -2.60. The van der Waals surface area contributed by atoms with Gasteiger partial charge < -0.3 is 5.32 Å². The van der Waals surface area contributed by atoms with Crippen LogP contribution in [0.5, 0.6) is 0 Å². The van der Waals surface area contributed by atoms with Crippen LogP contribution in [0.25, 0.3) is 0 Å². The van der Waals surface area contributed by atoms with Crippen molar-refractivity contribution in [1.82, 2.24) is 9.80 Å². The summed E-state index contributed by atoms with van der Waals surface area (Å²) in [6.07, 6.45) is 7.35. The van der Waals surface area contributed by atoms with Crippen LogP contribution in [0.3, 0.4) is 0 Å². The van der Waals surface area contributed by atoms with Gasteiger partial charge in [-0.15, -0.1) is 0 Å². The number of amides is 1. The summed E-state index contributed by atoms with van der Waals surface area (Å²) in [6, 6.07) is 7.15. The number of nitrogens with zero attached hydrogens (tertiary/aromatic N) is 2. The van der Waals surface area contributed by atoms with Gasteiger partial charge in [-0.3, -0.25) is 14.6 Å². The summed E-state index contributed by atoms with van der Waals surface area (Å²) in [5.74, 6) is 3.40. The fourth-order valence-corrected chi connectivity index (χ4v) is 6.67. The predicted octanol–water partition coefficient (Wildman–Crippen LogP) is 3.21. The van der Waals surface area contributed by atoms with Crippen LogP contribution in [-0.4, -0.2) is 54.5 Å². The number of benzene rings is 1. The maximum atomic E-state index is 13.7. The molecule has 5 fully saturated rings. The number of nitrogens with one attached hydrogen (secondary N) is 1. The fourth-order valence-electron chi connectivity index (χ4n) is 6.67. The van der Waals surface area contributed by atoms with E-state index >= 15 is 0 Å². The van der Waals surface area contributed by atoms with Gasteiger partial charge in [0, 0.05) is 32.2 Å². The average molecular weight is 372 g/mol. The second kappa shape index (κ2) is 7.17. The smallest absolute Gasteiger partial charge is 0.238 e. The molecule has 1 aliphatic heterocycles. The van der Waals surface area contributed by atoms with Crippen molar-refractivity contribution in [3.63, 3.8) is 0 Å². The van der Waals surface area contributed by atoms with E-state index in [0.29, 0.717) is 6.54 Å². The standard InChI is InChI=1S/C22H30FN3O/c23-19-3-1-2-4-20(19)24-21(27)14-25-5-7-26(8-6-25)22-17-10-15-9-16(12-17)13-18(22)11-15/h1-4,15-18,22H,5-14H2,(H,24,27). The number of hydrogen-bond donors (Lipinski definition) is 1. The lowest BCUT2D eigenvalue weighted by molar-refractivity contribution is -0.118. The van der Waals surface area contributed by atoms with Crippen molar-refractivity contribution in [3.05, 3.63) is 30.1 Å². The lowest BCUT2D eigenvalue weighted by atomic mass is 9.54. The van der Waals surface area contributed by atoms with Gasteiger partial charge in [0.15, 0.2) is 0 Å². The quantitative estimate of drug-likeness (QED) is 0.883. The van der Waals surface area contributed by atoms with Crippen LogP contribution < -0.4 is 5.32 Å². The van der Waals surface area contributed by atoms with E-state index in [2.05, 4.69) is 15.1 Å². The maximum Gasteiger partial charge on any atom is 0.238 e. The Morgan fingerprint density at radius 2 is 1.59 bits per heavy atom. The monoisotopic (exact) mass is 371 g/mol. The number of rotatable bonds is 4. The first-order valence-electron chi connectivity index (χ1n) is 10.7. The van der Waals surface area contributed by atoms with Crippen LogP contribution in [0.2, 0.25) is 0 Å². The van der Waals surface area contributed by atoms with Crippen molar-refractivity contribution in [1.29, 1.82) is 0 Å². The number of anilines is 1. The highest BCUT2D eigenvalue weighted by Gasteiger charge is 2.50. The Balaban J connectivity index is 1.13. The van der Waals surface area contributed by atoms with Crippen molar-refractivity contribution >= 4 is 11.6 Å². The third-order valence-corrected chi connectivity index (χ3v) is 7.52. The van der Waals surface area contributed by atoms with Crippen LogP contribution in [0, 0.1) is 29.5 Å². The first-order valence-corrected chi connectivity index (χ1v) is 10.7. The van der Waals surface area contributed by atoms with E-state index in [0.717, 1.165) is 55.9 Å². The summed E-state index contributed by atoms with van der Waals surface area (Å²) in [6.45, 7) is 4.37. The molecule has 1 heterocycles. The average Bonchev–Trinajstić information content (AvgIpc) is 2.64. The van der Waals surface area contributed by atoms with Gasteiger partial charge in [-0.05, 0) is 67.9 Å². The molecule has 0 unspecified atom stereocenters. The minimum atomic E-state index is -0.377. The van der Waals surface area contributed by atoms with E-state index in [1.165, 1.54) is 38.2 Å². The molecule has 1 N–H and O–H groups in total. The molecule has 0 spiro atoms. The molecule has 1 aromatic rings. The zero-order valence-electron chi connectivity index (χ0n) is 15.9. The molecular weight excluding hydrogens is 341 g/mol. The summed E-state index contributed by atoms with van der Waals surface area (Å²) in [5, 5.41) is 2.70. The van der Waals surface area contributed by atoms with Crippen molar-refractivity contribution in [2.75, 3.05) is 38.0 Å². The molecular formula is C22H30FN3O. The highest BCUT2D eigenvalue weighted by Crippen LogP contribution is 2.55. The minimum absolute atomic E-state index is 0.122. The van der Waals surface area contributed by atoms with Crippen molar-refractivity contribution in [2.24, 2.45) is 23.7 Å². The molecule has 27 heavy (non-hydrogen) atoms. The number of carbonyl (C=O) groups excluding carboxylic acids is 1. The largest absolute Gasteiger partial charge is 0.322 e. The molecule has 1 amide bonds. The van der Waals surface area contributed by atoms with Gasteiger partial charge >= 0.3 is 0 Å². The summed E-state index contributed by atoms with van der Waals surface area (Å²) < 4.78 is 13.7. The van der Waals surface area contributed by atoms with Crippen molar-refractivity contribution < 1.29 is 9.18 Å². The van der Waals surface area contributed by atoms with Crippen molar-refractivity contribution in [3.8, 4) is 0 Å². The number of para-hydroxylation sites is 1. The van der Waals surface area contributed by atoms with Gasteiger partial charge in [-0.1, -0.05) is 12.1 Å². The van der Waals surface area contributed by atoms with Gasteiger partial charge in [0.2, 0.25) is 5.91 Å². The molecule has 5 aliphatic rings. The Bertz CT molecular complexity index is 673. The van der Waals surface area contributed by atoms with E-state index < -0.39 is 0 Å². The second-order valence-corrected chi connectivity index (χ2v) is 9.26. The SMILES string of the molecule is O=C(CN1CCN(C2C3CC4CC(C3)CC2C4)CC1)Nc1ccccc1F. The highest BCUT2D eigenvalue weighted by atomic mass is 19.1. The van der Waals surface area contributed by atoms with E-state index in [1.54, 1.807) is 18.2 Å². The van der Waals surface area contributed by atoms with Crippen LogP contribution in [0.4, 0.5) is 10.1 Å². The first-order chi connectivity index (χ1) is 13.2. The Morgan fingerprint density at radius 1 is 0.963 bits per heavy atom. The van der Waals surface area contributed by atoms with Gasteiger partial charge in [-0.2, -0.15) is 0 Å². The third-order valence-electron chi connectivity index (χ3n) is 7.52. The van der Waals surface area contributed by atoms with Gasteiger partial charge in [0.1, 0.15) is 5.82 Å². The first kappa shape index (κ1) is 17.6. The van der Waals surface area contributed by atoms with Gasteiger partial charge in [0.05, 0.1) is 12.2 Å². The highest BCUT2D eigenvalue weighted by molar-refractivity contribution is 5.92. The molecule has 0 atom stereocenters. The van der Waals surface area contributed by atoms with Gasteiger partial charge in [-0.25, -0.2) is 4.39 Å². The minimum Gasteiger partial charge on any atom is -0.322 e. The summed E-state index contributed by atoms with van der Waals surface area (Å²) in [7, 11) is 0. The number of piperazine rings is 1. The molecule has 4 aliphatic carbocycles. The van der Waals surface area contributed by atoms with Crippen LogP contribution in [0.1, 0.15) is 32.1 Å². The van der Waals surface area contributed by atoms with E-state index in [1.807, 2.05) is 0 Å². The fraction of sp³-hybridized carbons (Fsp3) is 0.682. The number of carbonyl (C=O) groups is 1. The Labute approximate surface area is 161 Å². The van der Waals surface area contributed by atoms with Gasteiger partial charge in [0.25, 0.3) is 0 Å². The molecule has 0 radical (unpaired) electrons. The molecule has 1 saturated heterocycles. The van der Waals surface area contributed by atoms with E-state index in [9.17, 15) is 9.18 Å². The Hall–Kier alpha value is -1.46. The zero-order valence-corrected chi connectivity index (χ0v) is 15.9. The Morgan fingerprint density at radius 3 is 2.22 bits per heavy atom. The zero-order chi connectivity index (χ0) is 18.4. The Kier molecular flexibility index (Phi) is 4.68. The van der Waals surface area contributed by atoms with Crippen molar-refractivity contribution in [2.45, 2.75) is 38.1 Å². The van der Waals surface area contributed by atoms with Crippen LogP contribution in [-0.2, 0) is 4.79 Å².